The Balaban J connectivity index is 1.70. The second kappa shape index (κ2) is 8.55. The summed E-state index contributed by atoms with van der Waals surface area (Å²) in [7, 11) is 0. The Hall–Kier alpha value is -2.05. The largest absolute Gasteiger partial charge is 0.484 e. The molecule has 0 aromatic heterocycles. The number of hydrazine groups is 1. The first-order valence-electron chi connectivity index (χ1n) is 6.73. The smallest absolute Gasteiger partial charge is 0.276 e. The van der Waals surface area contributed by atoms with Crippen LogP contribution in [0.5, 0.6) is 5.75 Å². The number of ether oxygens (including phenoxy) is 1. The lowest BCUT2D eigenvalue weighted by Crippen LogP contribution is -2.44. The molecule has 2 aromatic carbocycles. The van der Waals surface area contributed by atoms with Gasteiger partial charge in [0.2, 0.25) is 5.91 Å². The van der Waals surface area contributed by atoms with E-state index in [9.17, 15) is 9.59 Å². The summed E-state index contributed by atoms with van der Waals surface area (Å²) in [6, 6.07) is 14.0. The molecule has 2 amide bonds. The van der Waals surface area contributed by atoms with Gasteiger partial charge in [0, 0.05) is 9.50 Å². The summed E-state index contributed by atoms with van der Waals surface area (Å²) in [4.78, 5) is 23.3. The molecule has 2 N–H and O–H groups in total. The number of carbonyl (C=O) groups is 2. The maximum Gasteiger partial charge on any atom is 0.276 e. The van der Waals surface area contributed by atoms with Gasteiger partial charge in [0.15, 0.2) is 6.61 Å². The summed E-state index contributed by atoms with van der Waals surface area (Å²) in [5, 5.41) is 0.604. The highest BCUT2D eigenvalue weighted by Crippen LogP contribution is 2.15. The van der Waals surface area contributed by atoms with Crippen molar-refractivity contribution in [2.24, 2.45) is 0 Å². The fourth-order valence-corrected chi connectivity index (χ4v) is 2.08. The number of benzene rings is 2. The number of halogens is 2. The summed E-state index contributed by atoms with van der Waals surface area (Å²) in [6.45, 7) is -0.192. The average molecular weight is 398 g/mol. The monoisotopic (exact) mass is 396 g/mol. The van der Waals surface area contributed by atoms with Crippen LogP contribution in [0.4, 0.5) is 0 Å². The standard InChI is InChI=1S/C16H14BrClN2O3/c17-12-3-7-14(8-4-12)23-10-16(22)20-19-15(21)9-11-1-5-13(18)6-2-11/h1-8H,9-10H2,(H,19,21)(H,20,22). The molecule has 23 heavy (non-hydrogen) atoms. The third-order valence-corrected chi connectivity index (χ3v) is 3.58. The van der Waals surface area contributed by atoms with E-state index in [2.05, 4.69) is 26.8 Å². The highest BCUT2D eigenvalue weighted by molar-refractivity contribution is 9.10. The van der Waals surface area contributed by atoms with Crippen LogP contribution < -0.4 is 15.6 Å². The number of hydrogen-bond donors (Lipinski definition) is 2. The summed E-state index contributed by atoms with van der Waals surface area (Å²) in [6.07, 6.45) is 0.144. The van der Waals surface area contributed by atoms with E-state index >= 15 is 0 Å². The van der Waals surface area contributed by atoms with Gasteiger partial charge in [0.25, 0.3) is 5.91 Å². The number of amides is 2. The molecule has 2 aromatic rings. The first kappa shape index (κ1) is 17.3. The Morgan fingerprint density at radius 1 is 0.957 bits per heavy atom. The zero-order valence-corrected chi connectivity index (χ0v) is 14.4. The van der Waals surface area contributed by atoms with E-state index in [1.54, 1.807) is 48.5 Å². The minimum Gasteiger partial charge on any atom is -0.484 e. The Kier molecular flexibility index (Phi) is 6.43. The van der Waals surface area contributed by atoms with Crippen LogP contribution in [0.3, 0.4) is 0 Å². The summed E-state index contributed by atoms with van der Waals surface area (Å²) in [5.41, 5.74) is 5.43. The van der Waals surface area contributed by atoms with E-state index in [1.165, 1.54) is 0 Å². The molecule has 2 rings (SSSR count). The van der Waals surface area contributed by atoms with Crippen molar-refractivity contribution in [2.45, 2.75) is 6.42 Å². The molecule has 0 atom stereocenters. The Morgan fingerprint density at radius 2 is 1.57 bits per heavy atom. The molecule has 0 aliphatic rings. The van der Waals surface area contributed by atoms with Gasteiger partial charge in [0.05, 0.1) is 6.42 Å². The van der Waals surface area contributed by atoms with Gasteiger partial charge in [-0.15, -0.1) is 0 Å². The molecule has 5 nitrogen and oxygen atoms in total. The first-order valence-corrected chi connectivity index (χ1v) is 7.90. The molecule has 7 heteroatoms. The molecule has 0 aliphatic carbocycles. The van der Waals surface area contributed by atoms with Crippen molar-refractivity contribution in [2.75, 3.05) is 6.61 Å². The maximum atomic E-state index is 11.7. The average Bonchev–Trinajstić information content (AvgIpc) is 2.54. The van der Waals surface area contributed by atoms with Crippen LogP contribution in [0.15, 0.2) is 53.0 Å². The van der Waals surface area contributed by atoms with Gasteiger partial charge in [-0.1, -0.05) is 39.7 Å². The lowest BCUT2D eigenvalue weighted by molar-refractivity contribution is -0.129. The Morgan fingerprint density at radius 3 is 2.22 bits per heavy atom. The van der Waals surface area contributed by atoms with Crippen molar-refractivity contribution in [3.63, 3.8) is 0 Å². The Labute approximate surface area is 147 Å². The molecule has 0 fully saturated rings. The molecule has 0 radical (unpaired) electrons. The van der Waals surface area contributed by atoms with Gasteiger partial charge in [-0.3, -0.25) is 20.4 Å². The molecule has 0 saturated carbocycles. The van der Waals surface area contributed by atoms with E-state index < -0.39 is 5.91 Å². The van der Waals surface area contributed by atoms with Crippen LogP contribution in [0.1, 0.15) is 5.56 Å². The minimum atomic E-state index is -0.447. The van der Waals surface area contributed by atoms with E-state index in [1.807, 2.05) is 0 Å². The highest BCUT2D eigenvalue weighted by Gasteiger charge is 2.06. The molecule has 0 spiro atoms. The number of rotatable bonds is 5. The lowest BCUT2D eigenvalue weighted by Gasteiger charge is -2.09. The summed E-state index contributed by atoms with van der Waals surface area (Å²) >= 11 is 9.08. The first-order chi connectivity index (χ1) is 11.0. The second-order valence-corrected chi connectivity index (χ2v) is 5.99. The molecule has 120 valence electrons. The van der Waals surface area contributed by atoms with Crippen molar-refractivity contribution >= 4 is 39.3 Å². The number of nitrogens with one attached hydrogen (secondary N) is 2. The molecule has 0 bridgehead atoms. The van der Waals surface area contributed by atoms with Crippen molar-refractivity contribution in [1.82, 2.24) is 10.9 Å². The topological polar surface area (TPSA) is 67.4 Å². The van der Waals surface area contributed by atoms with E-state index in [0.717, 1.165) is 10.0 Å². The SMILES string of the molecule is O=C(COc1ccc(Br)cc1)NNC(=O)Cc1ccc(Cl)cc1. The zero-order valence-electron chi connectivity index (χ0n) is 12.0. The minimum absolute atomic E-state index is 0.144. The predicted octanol–water partition coefficient (Wildman–Crippen LogP) is 2.87. The van der Waals surface area contributed by atoms with Crippen LogP contribution in [0.25, 0.3) is 0 Å². The third-order valence-electron chi connectivity index (χ3n) is 2.80. The maximum absolute atomic E-state index is 11.7. The zero-order chi connectivity index (χ0) is 16.7. The van der Waals surface area contributed by atoms with Crippen LogP contribution >= 0.6 is 27.5 Å². The molecule has 0 unspecified atom stereocenters. The number of hydrogen-bond acceptors (Lipinski definition) is 3. The van der Waals surface area contributed by atoms with Crippen molar-refractivity contribution in [3.8, 4) is 5.75 Å². The summed E-state index contributed by atoms with van der Waals surface area (Å²) < 4.78 is 6.21. The lowest BCUT2D eigenvalue weighted by atomic mass is 10.1. The van der Waals surface area contributed by atoms with Crippen molar-refractivity contribution in [3.05, 3.63) is 63.6 Å². The number of carbonyl (C=O) groups excluding carboxylic acids is 2. The molecular weight excluding hydrogens is 384 g/mol. The fraction of sp³-hybridized carbons (Fsp3) is 0.125. The van der Waals surface area contributed by atoms with Gasteiger partial charge in [-0.25, -0.2) is 0 Å². The molecular formula is C16H14BrClN2O3. The van der Waals surface area contributed by atoms with Gasteiger partial charge in [0.1, 0.15) is 5.75 Å². The fourth-order valence-electron chi connectivity index (χ4n) is 1.69. The van der Waals surface area contributed by atoms with Gasteiger partial charge in [-0.2, -0.15) is 0 Å². The molecule has 0 aliphatic heterocycles. The predicted molar refractivity (Wildman–Crippen MR) is 91.1 cm³/mol. The molecule has 0 saturated heterocycles. The van der Waals surface area contributed by atoms with Gasteiger partial charge >= 0.3 is 0 Å². The van der Waals surface area contributed by atoms with Crippen LogP contribution in [0.2, 0.25) is 5.02 Å². The summed E-state index contributed by atoms with van der Waals surface area (Å²) in [5.74, 6) is -0.211. The van der Waals surface area contributed by atoms with E-state index in [0.29, 0.717) is 10.8 Å². The van der Waals surface area contributed by atoms with Crippen molar-refractivity contribution < 1.29 is 14.3 Å². The van der Waals surface area contributed by atoms with Crippen molar-refractivity contribution in [1.29, 1.82) is 0 Å². The quantitative estimate of drug-likeness (QED) is 0.762. The highest BCUT2D eigenvalue weighted by atomic mass is 79.9. The Bertz CT molecular complexity index is 675. The van der Waals surface area contributed by atoms with Crippen LogP contribution in [-0.4, -0.2) is 18.4 Å². The van der Waals surface area contributed by atoms with Gasteiger partial charge < -0.3 is 4.74 Å². The molecule has 0 heterocycles. The van der Waals surface area contributed by atoms with Crippen LogP contribution in [0, 0.1) is 0 Å². The third kappa shape index (κ3) is 6.30. The van der Waals surface area contributed by atoms with Gasteiger partial charge in [-0.05, 0) is 42.0 Å². The van der Waals surface area contributed by atoms with E-state index in [-0.39, 0.29) is 18.9 Å². The van der Waals surface area contributed by atoms with Crippen LogP contribution in [-0.2, 0) is 16.0 Å². The second-order valence-electron chi connectivity index (χ2n) is 4.64. The van der Waals surface area contributed by atoms with E-state index in [4.69, 9.17) is 16.3 Å². The normalized spacial score (nSPS) is 10.0.